The second-order valence-corrected chi connectivity index (χ2v) is 6.09. The Hall–Kier alpha value is -2.74. The van der Waals surface area contributed by atoms with Crippen molar-refractivity contribution >= 4 is 0 Å². The van der Waals surface area contributed by atoms with Gasteiger partial charge in [-0.3, -0.25) is 0 Å². The number of para-hydroxylation sites is 2. The van der Waals surface area contributed by atoms with Crippen LogP contribution in [0, 0.1) is 0 Å². The number of rotatable bonds is 3. The van der Waals surface area contributed by atoms with Gasteiger partial charge >= 0.3 is 0 Å². The zero-order chi connectivity index (χ0) is 16.4. The minimum atomic E-state index is 0.0519. The van der Waals surface area contributed by atoms with Crippen molar-refractivity contribution in [3.8, 4) is 11.5 Å². The summed E-state index contributed by atoms with van der Waals surface area (Å²) in [6.45, 7) is 0. The second-order valence-electron chi connectivity index (χ2n) is 6.09. The van der Waals surface area contributed by atoms with Crippen LogP contribution in [0.3, 0.4) is 0 Å². The molecule has 0 radical (unpaired) electrons. The molecule has 0 aromatic heterocycles. The maximum Gasteiger partial charge on any atom is 0.125 e. The lowest BCUT2D eigenvalue weighted by Gasteiger charge is -2.33. The van der Waals surface area contributed by atoms with Crippen LogP contribution in [-0.4, -0.2) is 7.11 Å². The van der Waals surface area contributed by atoms with Gasteiger partial charge in [0.25, 0.3) is 0 Å². The molecule has 0 amide bonds. The van der Waals surface area contributed by atoms with E-state index in [1.165, 1.54) is 16.7 Å². The molecule has 4 rings (SSSR count). The molecule has 2 atom stereocenters. The molecule has 2 nitrogen and oxygen atoms in total. The van der Waals surface area contributed by atoms with Crippen LogP contribution in [0.1, 0.15) is 35.1 Å². The van der Waals surface area contributed by atoms with Crippen LogP contribution in [0.25, 0.3) is 0 Å². The number of ether oxygens (including phenoxy) is 2. The summed E-state index contributed by atoms with van der Waals surface area (Å²) in [6, 6.07) is 27.1. The standard InChI is InChI=1S/C22H20O2/c1-23-20-13-7-5-11-17(20)19-15-22(16-9-3-2-4-10-16)24-21-14-8-6-12-18(19)21/h2-14,19,22H,15H2,1H3/t19-,22-/m1/s1. The molecule has 1 aliphatic heterocycles. The highest BCUT2D eigenvalue weighted by Crippen LogP contribution is 2.47. The van der Waals surface area contributed by atoms with Gasteiger partial charge in [-0.25, -0.2) is 0 Å². The largest absolute Gasteiger partial charge is 0.496 e. The molecule has 1 heterocycles. The molecular formula is C22H20O2. The van der Waals surface area contributed by atoms with Crippen LogP contribution in [0.2, 0.25) is 0 Å². The van der Waals surface area contributed by atoms with E-state index in [0.29, 0.717) is 0 Å². The van der Waals surface area contributed by atoms with E-state index in [-0.39, 0.29) is 12.0 Å². The Balaban J connectivity index is 1.80. The maximum atomic E-state index is 6.30. The predicted octanol–water partition coefficient (Wildman–Crippen LogP) is 5.35. The summed E-state index contributed by atoms with van der Waals surface area (Å²) in [7, 11) is 1.73. The number of hydrogen-bond donors (Lipinski definition) is 0. The SMILES string of the molecule is COc1ccccc1[C@H]1C[C@H](c2ccccc2)Oc2ccccc21. The zero-order valence-corrected chi connectivity index (χ0v) is 13.7. The van der Waals surface area contributed by atoms with Crippen LogP contribution in [0.15, 0.2) is 78.9 Å². The molecule has 0 saturated heterocycles. The summed E-state index contributed by atoms with van der Waals surface area (Å²) in [5, 5.41) is 0. The first-order valence-electron chi connectivity index (χ1n) is 8.30. The number of hydrogen-bond acceptors (Lipinski definition) is 2. The van der Waals surface area contributed by atoms with Gasteiger partial charge in [0.15, 0.2) is 0 Å². The van der Waals surface area contributed by atoms with E-state index in [4.69, 9.17) is 9.47 Å². The van der Waals surface area contributed by atoms with Gasteiger partial charge < -0.3 is 9.47 Å². The Morgan fingerprint density at radius 1 is 0.792 bits per heavy atom. The van der Waals surface area contributed by atoms with Crippen molar-refractivity contribution < 1.29 is 9.47 Å². The zero-order valence-electron chi connectivity index (χ0n) is 13.7. The van der Waals surface area contributed by atoms with Crippen LogP contribution >= 0.6 is 0 Å². The highest BCUT2D eigenvalue weighted by molar-refractivity contribution is 5.49. The fourth-order valence-electron chi connectivity index (χ4n) is 3.54. The van der Waals surface area contributed by atoms with Crippen molar-refractivity contribution in [2.24, 2.45) is 0 Å². The third kappa shape index (κ3) is 2.65. The van der Waals surface area contributed by atoms with Crippen LogP contribution in [0.5, 0.6) is 11.5 Å². The van der Waals surface area contributed by atoms with E-state index in [0.717, 1.165) is 17.9 Å². The summed E-state index contributed by atoms with van der Waals surface area (Å²) in [5.41, 5.74) is 3.66. The summed E-state index contributed by atoms with van der Waals surface area (Å²) in [5.74, 6) is 2.16. The van der Waals surface area contributed by atoms with E-state index >= 15 is 0 Å². The molecule has 120 valence electrons. The second kappa shape index (κ2) is 6.40. The molecule has 0 spiro atoms. The number of methoxy groups -OCH3 is 1. The first-order chi connectivity index (χ1) is 11.9. The third-order valence-corrected chi connectivity index (χ3v) is 4.70. The van der Waals surface area contributed by atoms with Crippen molar-refractivity contribution in [1.29, 1.82) is 0 Å². The molecule has 3 aromatic rings. The fourth-order valence-corrected chi connectivity index (χ4v) is 3.54. The lowest BCUT2D eigenvalue weighted by Crippen LogP contribution is -2.20. The minimum Gasteiger partial charge on any atom is -0.496 e. The Morgan fingerprint density at radius 3 is 2.25 bits per heavy atom. The smallest absolute Gasteiger partial charge is 0.125 e. The van der Waals surface area contributed by atoms with E-state index in [2.05, 4.69) is 54.6 Å². The normalized spacial score (nSPS) is 19.2. The van der Waals surface area contributed by atoms with Crippen molar-refractivity contribution in [2.75, 3.05) is 7.11 Å². The van der Waals surface area contributed by atoms with Crippen LogP contribution < -0.4 is 9.47 Å². The Bertz CT molecular complexity index is 826. The highest BCUT2D eigenvalue weighted by Gasteiger charge is 2.31. The molecule has 0 fully saturated rings. The van der Waals surface area contributed by atoms with Gasteiger partial charge in [0.05, 0.1) is 7.11 Å². The molecule has 0 aliphatic carbocycles. The molecule has 0 unspecified atom stereocenters. The Morgan fingerprint density at radius 2 is 1.46 bits per heavy atom. The number of fused-ring (bicyclic) bond motifs is 1. The quantitative estimate of drug-likeness (QED) is 0.648. The average Bonchev–Trinajstić information content (AvgIpc) is 2.68. The summed E-state index contributed by atoms with van der Waals surface area (Å²) in [4.78, 5) is 0. The van der Waals surface area contributed by atoms with E-state index in [9.17, 15) is 0 Å². The Kier molecular flexibility index (Phi) is 3.96. The molecular weight excluding hydrogens is 296 g/mol. The van der Waals surface area contributed by atoms with Gasteiger partial charge in [-0.1, -0.05) is 66.7 Å². The van der Waals surface area contributed by atoms with Crippen molar-refractivity contribution in [3.63, 3.8) is 0 Å². The van der Waals surface area contributed by atoms with Gasteiger partial charge in [0.2, 0.25) is 0 Å². The van der Waals surface area contributed by atoms with Crippen molar-refractivity contribution in [3.05, 3.63) is 95.6 Å². The summed E-state index contributed by atoms with van der Waals surface area (Å²) >= 11 is 0. The van der Waals surface area contributed by atoms with Crippen LogP contribution in [0.4, 0.5) is 0 Å². The van der Waals surface area contributed by atoms with Gasteiger partial charge in [0, 0.05) is 17.0 Å². The molecule has 3 aromatic carbocycles. The maximum absolute atomic E-state index is 6.30. The molecule has 24 heavy (non-hydrogen) atoms. The van der Waals surface area contributed by atoms with Crippen molar-refractivity contribution in [1.82, 2.24) is 0 Å². The molecule has 0 saturated carbocycles. The first kappa shape index (κ1) is 14.8. The Labute approximate surface area is 142 Å². The molecule has 0 bridgehead atoms. The third-order valence-electron chi connectivity index (χ3n) is 4.70. The van der Waals surface area contributed by atoms with Gasteiger partial charge in [0.1, 0.15) is 17.6 Å². The number of benzene rings is 3. The average molecular weight is 316 g/mol. The summed E-state index contributed by atoms with van der Waals surface area (Å²) in [6.07, 6.45) is 0.956. The topological polar surface area (TPSA) is 18.5 Å². The van der Waals surface area contributed by atoms with E-state index < -0.39 is 0 Å². The van der Waals surface area contributed by atoms with Gasteiger partial charge in [-0.2, -0.15) is 0 Å². The molecule has 0 N–H and O–H groups in total. The monoisotopic (exact) mass is 316 g/mol. The fraction of sp³-hybridized carbons (Fsp3) is 0.182. The highest BCUT2D eigenvalue weighted by atomic mass is 16.5. The van der Waals surface area contributed by atoms with E-state index in [1.807, 2.05) is 24.3 Å². The molecule has 1 aliphatic rings. The van der Waals surface area contributed by atoms with E-state index in [1.54, 1.807) is 7.11 Å². The first-order valence-corrected chi connectivity index (χ1v) is 8.30. The van der Waals surface area contributed by atoms with Gasteiger partial charge in [-0.15, -0.1) is 0 Å². The molecule has 2 heteroatoms. The lowest BCUT2D eigenvalue weighted by molar-refractivity contribution is 0.167. The van der Waals surface area contributed by atoms with Crippen molar-refractivity contribution in [2.45, 2.75) is 18.4 Å². The summed E-state index contributed by atoms with van der Waals surface area (Å²) < 4.78 is 11.9. The lowest BCUT2D eigenvalue weighted by atomic mass is 9.82. The predicted molar refractivity (Wildman–Crippen MR) is 95.7 cm³/mol. The van der Waals surface area contributed by atoms with Crippen LogP contribution in [-0.2, 0) is 0 Å². The van der Waals surface area contributed by atoms with Gasteiger partial charge in [-0.05, 0) is 24.1 Å². The minimum absolute atomic E-state index is 0.0519.